The minimum atomic E-state index is -0.313. The molecule has 8 nitrogen and oxygen atoms in total. The number of amides is 1. The Labute approximate surface area is 162 Å². The summed E-state index contributed by atoms with van der Waals surface area (Å²) in [6.45, 7) is 2.42. The van der Waals surface area contributed by atoms with Crippen molar-refractivity contribution in [1.82, 2.24) is 24.2 Å². The summed E-state index contributed by atoms with van der Waals surface area (Å²) in [6, 6.07) is 8.63. The van der Waals surface area contributed by atoms with Gasteiger partial charge in [0.05, 0.1) is 35.8 Å². The standard InChI is InChI=1S/C20H23N5O3/c1-13-12-17(23(2)22-13)20(28)24-9-5-8-16(24)18-21-15-7-4-3-6-14(15)19(27)25(18)10-11-26/h3-4,6-7,12,16,26H,5,8-11H2,1-2H3. The van der Waals surface area contributed by atoms with Crippen molar-refractivity contribution in [3.05, 3.63) is 57.9 Å². The van der Waals surface area contributed by atoms with E-state index >= 15 is 0 Å². The first-order valence-corrected chi connectivity index (χ1v) is 9.43. The van der Waals surface area contributed by atoms with Crippen molar-refractivity contribution >= 4 is 16.8 Å². The quantitative estimate of drug-likeness (QED) is 0.738. The molecule has 1 saturated heterocycles. The molecular weight excluding hydrogens is 358 g/mol. The number of aryl methyl sites for hydroxylation is 2. The molecule has 1 aromatic carbocycles. The fourth-order valence-electron chi connectivity index (χ4n) is 3.99. The van der Waals surface area contributed by atoms with Gasteiger partial charge in [0.2, 0.25) is 0 Å². The first-order valence-electron chi connectivity index (χ1n) is 9.43. The zero-order valence-electron chi connectivity index (χ0n) is 16.0. The Balaban J connectivity index is 1.82. The molecule has 1 amide bonds. The number of rotatable bonds is 4. The highest BCUT2D eigenvalue weighted by molar-refractivity contribution is 5.93. The molecule has 3 aromatic rings. The average Bonchev–Trinajstić information content (AvgIpc) is 3.29. The summed E-state index contributed by atoms with van der Waals surface area (Å²) in [6.07, 6.45) is 1.55. The Morgan fingerprint density at radius 1 is 1.32 bits per heavy atom. The zero-order chi connectivity index (χ0) is 19.8. The summed E-state index contributed by atoms with van der Waals surface area (Å²) in [7, 11) is 1.75. The summed E-state index contributed by atoms with van der Waals surface area (Å²) >= 11 is 0. The Kier molecular flexibility index (Phi) is 4.72. The number of hydrogen-bond acceptors (Lipinski definition) is 5. The average molecular weight is 381 g/mol. The highest BCUT2D eigenvalue weighted by atomic mass is 16.3. The van der Waals surface area contributed by atoms with Gasteiger partial charge in [-0.05, 0) is 38.0 Å². The van der Waals surface area contributed by atoms with Crippen LogP contribution in [0.2, 0.25) is 0 Å². The second kappa shape index (κ2) is 7.20. The van der Waals surface area contributed by atoms with E-state index < -0.39 is 0 Å². The van der Waals surface area contributed by atoms with Crippen molar-refractivity contribution in [2.75, 3.05) is 13.2 Å². The molecule has 146 valence electrons. The van der Waals surface area contributed by atoms with Crippen LogP contribution in [0.1, 0.15) is 40.9 Å². The van der Waals surface area contributed by atoms with Gasteiger partial charge in [0.15, 0.2) is 0 Å². The monoisotopic (exact) mass is 381 g/mol. The van der Waals surface area contributed by atoms with Gasteiger partial charge in [-0.3, -0.25) is 18.8 Å². The van der Waals surface area contributed by atoms with Crippen molar-refractivity contribution in [2.24, 2.45) is 7.05 Å². The predicted octanol–water partition coefficient (Wildman–Crippen LogP) is 1.41. The van der Waals surface area contributed by atoms with Crippen LogP contribution in [0.4, 0.5) is 0 Å². The number of hydrogen-bond donors (Lipinski definition) is 1. The maximum atomic E-state index is 13.2. The molecule has 0 radical (unpaired) electrons. The van der Waals surface area contributed by atoms with E-state index in [4.69, 9.17) is 4.98 Å². The van der Waals surface area contributed by atoms with Crippen molar-refractivity contribution in [1.29, 1.82) is 0 Å². The molecule has 1 atom stereocenters. The largest absolute Gasteiger partial charge is 0.395 e. The molecule has 1 aliphatic rings. The lowest BCUT2D eigenvalue weighted by molar-refractivity contribution is 0.0714. The molecule has 1 aliphatic heterocycles. The fraction of sp³-hybridized carbons (Fsp3) is 0.400. The predicted molar refractivity (Wildman–Crippen MR) is 104 cm³/mol. The lowest BCUT2D eigenvalue weighted by atomic mass is 10.1. The van der Waals surface area contributed by atoms with Gasteiger partial charge in [0, 0.05) is 13.6 Å². The third kappa shape index (κ3) is 2.99. The first-order chi connectivity index (χ1) is 13.5. The minimum Gasteiger partial charge on any atom is -0.395 e. The number of nitrogens with zero attached hydrogens (tertiary/aromatic N) is 5. The summed E-state index contributed by atoms with van der Waals surface area (Å²) in [5.74, 6) is 0.408. The number of para-hydroxylation sites is 1. The van der Waals surface area contributed by atoms with Gasteiger partial charge < -0.3 is 10.0 Å². The molecule has 1 fully saturated rings. The van der Waals surface area contributed by atoms with E-state index in [0.717, 1.165) is 18.5 Å². The summed E-state index contributed by atoms with van der Waals surface area (Å²) in [5.41, 5.74) is 1.71. The Hall–Kier alpha value is -3.00. The van der Waals surface area contributed by atoms with Crippen LogP contribution in [0.5, 0.6) is 0 Å². The van der Waals surface area contributed by atoms with Crippen molar-refractivity contribution in [3.63, 3.8) is 0 Å². The van der Waals surface area contributed by atoms with E-state index in [0.29, 0.717) is 29.0 Å². The molecule has 0 saturated carbocycles. The fourth-order valence-corrected chi connectivity index (χ4v) is 3.99. The molecule has 2 aromatic heterocycles. The number of likely N-dealkylation sites (tertiary alicyclic amines) is 1. The second-order valence-electron chi connectivity index (χ2n) is 7.12. The van der Waals surface area contributed by atoms with Gasteiger partial charge in [0.1, 0.15) is 11.5 Å². The maximum absolute atomic E-state index is 13.2. The normalized spacial score (nSPS) is 16.8. The molecule has 8 heteroatoms. The Morgan fingerprint density at radius 2 is 2.11 bits per heavy atom. The zero-order valence-corrected chi connectivity index (χ0v) is 16.0. The Morgan fingerprint density at radius 3 is 2.82 bits per heavy atom. The highest BCUT2D eigenvalue weighted by Gasteiger charge is 2.35. The topological polar surface area (TPSA) is 93.3 Å². The molecule has 3 heterocycles. The maximum Gasteiger partial charge on any atom is 0.272 e. The molecule has 0 spiro atoms. The van der Waals surface area contributed by atoms with Crippen LogP contribution in [-0.2, 0) is 13.6 Å². The number of carbonyl (C=O) groups excluding carboxylic acids is 1. The van der Waals surface area contributed by atoms with Crippen molar-refractivity contribution in [2.45, 2.75) is 32.4 Å². The van der Waals surface area contributed by atoms with E-state index in [1.807, 2.05) is 13.0 Å². The van der Waals surface area contributed by atoms with Crippen LogP contribution in [-0.4, -0.2) is 48.4 Å². The van der Waals surface area contributed by atoms with E-state index in [2.05, 4.69) is 5.10 Å². The van der Waals surface area contributed by atoms with Crippen LogP contribution in [0.3, 0.4) is 0 Å². The number of fused-ring (bicyclic) bond motifs is 1. The molecule has 0 aliphatic carbocycles. The van der Waals surface area contributed by atoms with Gasteiger partial charge in [-0.1, -0.05) is 12.1 Å². The SMILES string of the molecule is Cc1cc(C(=O)N2CCCC2c2nc3ccccc3c(=O)n2CCO)n(C)n1. The van der Waals surface area contributed by atoms with E-state index in [1.54, 1.807) is 40.9 Å². The third-order valence-corrected chi connectivity index (χ3v) is 5.25. The third-order valence-electron chi connectivity index (χ3n) is 5.25. The lowest BCUT2D eigenvalue weighted by Gasteiger charge is -2.26. The van der Waals surface area contributed by atoms with E-state index in [-0.39, 0.29) is 30.7 Å². The molecule has 0 bridgehead atoms. The van der Waals surface area contributed by atoms with Crippen LogP contribution in [0, 0.1) is 6.92 Å². The molecular formula is C20H23N5O3. The van der Waals surface area contributed by atoms with Gasteiger partial charge >= 0.3 is 0 Å². The second-order valence-corrected chi connectivity index (χ2v) is 7.12. The van der Waals surface area contributed by atoms with Crippen LogP contribution in [0.15, 0.2) is 35.1 Å². The van der Waals surface area contributed by atoms with Gasteiger partial charge in [-0.2, -0.15) is 5.10 Å². The lowest BCUT2D eigenvalue weighted by Crippen LogP contribution is -2.36. The first kappa shape index (κ1) is 18.4. The van der Waals surface area contributed by atoms with Crippen molar-refractivity contribution in [3.8, 4) is 0 Å². The summed E-state index contributed by atoms with van der Waals surface area (Å²) in [4.78, 5) is 32.7. The number of aromatic nitrogens is 4. The number of benzene rings is 1. The number of aliphatic hydroxyl groups excluding tert-OH is 1. The molecule has 1 unspecified atom stereocenters. The van der Waals surface area contributed by atoms with Crippen LogP contribution >= 0.6 is 0 Å². The molecule has 28 heavy (non-hydrogen) atoms. The van der Waals surface area contributed by atoms with E-state index in [9.17, 15) is 14.7 Å². The Bertz CT molecular complexity index is 1100. The summed E-state index contributed by atoms with van der Waals surface area (Å²) < 4.78 is 3.09. The van der Waals surface area contributed by atoms with Crippen LogP contribution < -0.4 is 5.56 Å². The highest BCUT2D eigenvalue weighted by Crippen LogP contribution is 2.32. The number of carbonyl (C=O) groups is 1. The minimum absolute atomic E-state index is 0.122. The van der Waals surface area contributed by atoms with Gasteiger partial charge in [-0.15, -0.1) is 0 Å². The van der Waals surface area contributed by atoms with Crippen LogP contribution in [0.25, 0.3) is 10.9 Å². The number of aliphatic hydroxyl groups is 1. The smallest absolute Gasteiger partial charge is 0.272 e. The van der Waals surface area contributed by atoms with Gasteiger partial charge in [0.25, 0.3) is 11.5 Å². The summed E-state index contributed by atoms with van der Waals surface area (Å²) in [5, 5.41) is 14.3. The molecule has 4 rings (SSSR count). The van der Waals surface area contributed by atoms with Crippen molar-refractivity contribution < 1.29 is 9.90 Å². The van der Waals surface area contributed by atoms with Gasteiger partial charge in [-0.25, -0.2) is 4.98 Å². The van der Waals surface area contributed by atoms with E-state index in [1.165, 1.54) is 4.57 Å². The molecule has 1 N–H and O–H groups in total.